The summed E-state index contributed by atoms with van der Waals surface area (Å²) in [6, 6.07) is 32.3. The summed E-state index contributed by atoms with van der Waals surface area (Å²) in [4.78, 5) is 9.79. The molecule has 3 aromatic heterocycles. The first kappa shape index (κ1) is 16.1. The van der Waals surface area contributed by atoms with E-state index in [1.807, 2.05) is 0 Å². The van der Waals surface area contributed by atoms with Crippen molar-refractivity contribution in [3.05, 3.63) is 91.0 Å². The van der Waals surface area contributed by atoms with Crippen LogP contribution >= 0.6 is 11.3 Å². The number of nitrogens with one attached hydrogen (secondary N) is 1. The molecule has 1 N–H and O–H groups in total. The van der Waals surface area contributed by atoms with Crippen molar-refractivity contribution >= 4 is 64.2 Å². The zero-order valence-electron chi connectivity index (χ0n) is 16.0. The number of pyridine rings is 1. The quantitative estimate of drug-likeness (QED) is 0.298. The molecule has 3 heteroatoms. The number of hydrogen-bond donors (Lipinski definition) is 1. The monoisotopic (exact) mass is 400 g/mol. The molecule has 0 aliphatic heterocycles. The highest BCUT2D eigenvalue weighted by molar-refractivity contribution is 7.26. The highest BCUT2D eigenvalue weighted by Crippen LogP contribution is 2.45. The molecule has 0 amide bonds. The molecular formula is C27H16N2S. The fraction of sp³-hybridized carbons (Fsp3) is 0. The summed E-state index contributed by atoms with van der Waals surface area (Å²) >= 11 is 1.79. The normalized spacial score (nSPS) is 12.0. The molecule has 0 fully saturated rings. The van der Waals surface area contributed by atoms with Crippen LogP contribution in [0.25, 0.3) is 64.1 Å². The summed E-state index contributed by atoms with van der Waals surface area (Å²) in [5.41, 5.74) is 4.60. The zero-order chi connectivity index (χ0) is 19.7. The van der Waals surface area contributed by atoms with Crippen LogP contribution in [-0.2, 0) is 0 Å². The molecule has 0 aliphatic carbocycles. The number of aromatic nitrogens is 2. The van der Waals surface area contributed by atoms with Gasteiger partial charge in [0.1, 0.15) is 4.83 Å². The second-order valence-electron chi connectivity index (χ2n) is 7.72. The van der Waals surface area contributed by atoms with Crippen LogP contribution in [-0.4, -0.2) is 9.97 Å². The number of fused-ring (bicyclic) bond motifs is 8. The first-order valence-electron chi connectivity index (χ1n) is 10.1. The van der Waals surface area contributed by atoms with E-state index in [0.717, 1.165) is 15.9 Å². The Hall–Kier alpha value is -3.69. The Balaban J connectivity index is 1.68. The molecule has 4 aromatic carbocycles. The molecule has 3 heterocycles. The number of thiophene rings is 1. The van der Waals surface area contributed by atoms with Gasteiger partial charge in [-0.1, -0.05) is 72.8 Å². The van der Waals surface area contributed by atoms with Crippen LogP contribution in [0.5, 0.6) is 0 Å². The lowest BCUT2D eigenvalue weighted by molar-refractivity contribution is 1.44. The van der Waals surface area contributed by atoms with Gasteiger partial charge < -0.3 is 4.98 Å². The molecule has 2 nitrogen and oxygen atoms in total. The van der Waals surface area contributed by atoms with Gasteiger partial charge in [0, 0.05) is 32.6 Å². The number of para-hydroxylation sites is 2. The molecular weight excluding hydrogens is 384 g/mol. The van der Waals surface area contributed by atoms with Crippen molar-refractivity contribution in [1.29, 1.82) is 0 Å². The van der Waals surface area contributed by atoms with Gasteiger partial charge in [-0.25, -0.2) is 4.98 Å². The summed E-state index contributed by atoms with van der Waals surface area (Å²) in [7, 11) is 0. The van der Waals surface area contributed by atoms with E-state index >= 15 is 0 Å². The van der Waals surface area contributed by atoms with E-state index in [9.17, 15) is 0 Å². The van der Waals surface area contributed by atoms with E-state index in [1.54, 1.807) is 11.3 Å². The fourth-order valence-electron chi connectivity index (χ4n) is 4.62. The van der Waals surface area contributed by atoms with Crippen molar-refractivity contribution in [3.63, 3.8) is 0 Å². The maximum atomic E-state index is 4.95. The number of rotatable bonds is 1. The highest BCUT2D eigenvalue weighted by Gasteiger charge is 2.18. The fourth-order valence-corrected chi connectivity index (χ4v) is 5.86. The Morgan fingerprint density at radius 3 is 2.37 bits per heavy atom. The third-order valence-corrected chi connectivity index (χ3v) is 7.11. The standard InChI is InChI=1S/C27H16N2S/c1-2-8-17-15-18(14-13-16(17)7-1)25-26-23(19-9-3-5-11-21(19)28-25)24-20-10-4-6-12-22(20)29-27(24)30-26/h1-15,28H. The van der Waals surface area contributed by atoms with Crippen molar-refractivity contribution in [2.75, 3.05) is 0 Å². The third-order valence-electron chi connectivity index (χ3n) is 6.01. The summed E-state index contributed by atoms with van der Waals surface area (Å²) in [6.07, 6.45) is 0. The van der Waals surface area contributed by atoms with Gasteiger partial charge >= 0.3 is 0 Å². The summed E-state index contributed by atoms with van der Waals surface area (Å²) in [5, 5.41) is 7.58. The van der Waals surface area contributed by atoms with Gasteiger partial charge in [0.15, 0.2) is 0 Å². The van der Waals surface area contributed by atoms with E-state index in [2.05, 4.69) is 96.0 Å². The van der Waals surface area contributed by atoms with E-state index < -0.39 is 0 Å². The van der Waals surface area contributed by atoms with Gasteiger partial charge in [-0.15, -0.1) is 11.3 Å². The van der Waals surface area contributed by atoms with E-state index in [1.165, 1.54) is 48.3 Å². The van der Waals surface area contributed by atoms with Crippen LogP contribution in [0.1, 0.15) is 0 Å². The lowest BCUT2D eigenvalue weighted by Crippen LogP contribution is -1.87. The van der Waals surface area contributed by atoms with Gasteiger partial charge in [-0.05, 0) is 29.0 Å². The Kier molecular flexibility index (Phi) is 3.18. The second kappa shape index (κ2) is 5.91. The first-order chi connectivity index (χ1) is 14.9. The lowest BCUT2D eigenvalue weighted by atomic mass is 10.0. The van der Waals surface area contributed by atoms with Crippen LogP contribution in [0.2, 0.25) is 0 Å². The molecule has 0 radical (unpaired) electrons. The molecule has 7 aromatic rings. The second-order valence-corrected chi connectivity index (χ2v) is 8.72. The molecule has 0 aliphatic rings. The SMILES string of the molecule is c1ccc2cc(-c3[nH]c4ccccc4c4c3sc3nc5ccccc5c34)ccc2c1. The molecule has 140 valence electrons. The molecule has 7 rings (SSSR count). The zero-order valence-corrected chi connectivity index (χ0v) is 16.8. The predicted molar refractivity (Wildman–Crippen MR) is 129 cm³/mol. The van der Waals surface area contributed by atoms with Gasteiger partial charge in [0.25, 0.3) is 0 Å². The van der Waals surface area contributed by atoms with Crippen molar-refractivity contribution in [2.24, 2.45) is 0 Å². The maximum Gasteiger partial charge on any atom is 0.125 e. The number of hydrogen-bond acceptors (Lipinski definition) is 2. The molecule has 30 heavy (non-hydrogen) atoms. The Morgan fingerprint density at radius 1 is 0.667 bits per heavy atom. The minimum absolute atomic E-state index is 1.07. The average Bonchev–Trinajstić information content (AvgIpc) is 3.34. The van der Waals surface area contributed by atoms with Crippen LogP contribution in [0.4, 0.5) is 0 Å². The summed E-state index contributed by atoms with van der Waals surface area (Å²) in [6.45, 7) is 0. The smallest absolute Gasteiger partial charge is 0.125 e. The van der Waals surface area contributed by atoms with E-state index in [4.69, 9.17) is 4.98 Å². The number of H-pyrrole nitrogens is 1. The van der Waals surface area contributed by atoms with Crippen LogP contribution in [0.15, 0.2) is 91.0 Å². The maximum absolute atomic E-state index is 4.95. The Bertz CT molecular complexity index is 1750. The molecule has 0 unspecified atom stereocenters. The molecule has 0 spiro atoms. The van der Waals surface area contributed by atoms with Crippen LogP contribution in [0, 0.1) is 0 Å². The van der Waals surface area contributed by atoms with Crippen LogP contribution < -0.4 is 0 Å². The molecule has 0 saturated heterocycles. The van der Waals surface area contributed by atoms with Gasteiger partial charge in [-0.2, -0.15) is 0 Å². The molecule has 0 bridgehead atoms. The largest absolute Gasteiger partial charge is 0.353 e. The van der Waals surface area contributed by atoms with E-state index in [-0.39, 0.29) is 0 Å². The molecule has 0 atom stereocenters. The topological polar surface area (TPSA) is 28.7 Å². The Labute approximate surface area is 176 Å². The van der Waals surface area contributed by atoms with Crippen molar-refractivity contribution < 1.29 is 0 Å². The highest BCUT2D eigenvalue weighted by atomic mass is 32.1. The van der Waals surface area contributed by atoms with Gasteiger partial charge in [0.05, 0.1) is 15.9 Å². The lowest BCUT2D eigenvalue weighted by Gasteiger charge is -2.10. The molecule has 0 saturated carbocycles. The Morgan fingerprint density at radius 2 is 1.43 bits per heavy atom. The predicted octanol–water partition coefficient (Wildman–Crippen LogP) is 7.90. The van der Waals surface area contributed by atoms with Crippen molar-refractivity contribution in [1.82, 2.24) is 9.97 Å². The van der Waals surface area contributed by atoms with Gasteiger partial charge in [0.2, 0.25) is 0 Å². The first-order valence-corrected chi connectivity index (χ1v) is 10.9. The van der Waals surface area contributed by atoms with Crippen molar-refractivity contribution in [2.45, 2.75) is 0 Å². The minimum atomic E-state index is 1.07. The summed E-state index contributed by atoms with van der Waals surface area (Å²) in [5.74, 6) is 0. The third kappa shape index (κ3) is 2.15. The average molecular weight is 401 g/mol. The number of nitrogens with zero attached hydrogens (tertiary/aromatic N) is 1. The van der Waals surface area contributed by atoms with Crippen LogP contribution in [0.3, 0.4) is 0 Å². The number of benzene rings is 4. The summed E-state index contributed by atoms with van der Waals surface area (Å²) < 4.78 is 1.27. The number of aromatic amines is 1. The van der Waals surface area contributed by atoms with Gasteiger partial charge in [-0.3, -0.25) is 0 Å². The van der Waals surface area contributed by atoms with E-state index in [0.29, 0.717) is 0 Å². The van der Waals surface area contributed by atoms with Crippen molar-refractivity contribution in [3.8, 4) is 11.3 Å². The minimum Gasteiger partial charge on any atom is -0.353 e.